The van der Waals surface area contributed by atoms with Crippen molar-refractivity contribution in [3.63, 3.8) is 0 Å². The highest BCUT2D eigenvalue weighted by Crippen LogP contribution is 2.18. The highest BCUT2D eigenvalue weighted by molar-refractivity contribution is 6.05. The van der Waals surface area contributed by atoms with E-state index in [1.54, 1.807) is 12.1 Å². The van der Waals surface area contributed by atoms with Crippen LogP contribution in [0.5, 0.6) is 5.88 Å². The molecule has 1 saturated heterocycles. The van der Waals surface area contributed by atoms with Gasteiger partial charge in [-0.2, -0.15) is 0 Å². The van der Waals surface area contributed by atoms with Crippen LogP contribution < -0.4 is 9.64 Å². The number of amides is 1. The van der Waals surface area contributed by atoms with E-state index in [0.29, 0.717) is 18.1 Å². The van der Waals surface area contributed by atoms with Gasteiger partial charge in [0.15, 0.2) is 0 Å². The Labute approximate surface area is 147 Å². The van der Waals surface area contributed by atoms with Crippen molar-refractivity contribution < 1.29 is 19.4 Å². The number of hydrogen-bond acceptors (Lipinski definition) is 5. The van der Waals surface area contributed by atoms with E-state index >= 15 is 0 Å². The number of rotatable bonds is 7. The lowest BCUT2D eigenvalue weighted by atomic mass is 10.2. The monoisotopic (exact) mass is 342 g/mol. The number of para-hydroxylation sites is 1. The zero-order chi connectivity index (χ0) is 17.5. The lowest BCUT2D eigenvalue weighted by molar-refractivity contribution is 0.0663. The van der Waals surface area contributed by atoms with Crippen molar-refractivity contribution in [3.8, 4) is 5.88 Å². The van der Waals surface area contributed by atoms with E-state index in [1.807, 2.05) is 30.3 Å². The Bertz CT molecular complexity index is 670. The number of nitrogens with zero attached hydrogens (tertiary/aromatic N) is 2. The molecule has 0 spiro atoms. The fourth-order valence-corrected chi connectivity index (χ4v) is 2.76. The van der Waals surface area contributed by atoms with Crippen LogP contribution in [0.2, 0.25) is 0 Å². The van der Waals surface area contributed by atoms with Gasteiger partial charge in [-0.05, 0) is 31.0 Å². The van der Waals surface area contributed by atoms with Crippen molar-refractivity contribution in [1.82, 2.24) is 4.98 Å². The van der Waals surface area contributed by atoms with Crippen molar-refractivity contribution >= 4 is 11.6 Å². The molecular weight excluding hydrogens is 320 g/mol. The zero-order valence-corrected chi connectivity index (χ0v) is 14.0. The number of ether oxygens (including phenoxy) is 2. The standard InChI is InChI=1S/C19H22N2O4/c22-11-10-21(16-5-2-1-3-6-16)19(23)15-8-9-18(20-13-15)25-14-17-7-4-12-24-17/h1-3,5-6,8-9,13,17,22H,4,7,10-12,14H2. The van der Waals surface area contributed by atoms with Gasteiger partial charge in [0, 0.05) is 31.1 Å². The van der Waals surface area contributed by atoms with Gasteiger partial charge in [0.2, 0.25) is 5.88 Å². The number of carbonyl (C=O) groups is 1. The second-order valence-corrected chi connectivity index (χ2v) is 5.85. The molecule has 1 N–H and O–H groups in total. The molecule has 0 bridgehead atoms. The molecule has 25 heavy (non-hydrogen) atoms. The number of benzene rings is 1. The first-order valence-electron chi connectivity index (χ1n) is 8.46. The normalized spacial score (nSPS) is 16.6. The van der Waals surface area contributed by atoms with Crippen molar-refractivity contribution in [1.29, 1.82) is 0 Å². The van der Waals surface area contributed by atoms with Crippen molar-refractivity contribution in [3.05, 3.63) is 54.2 Å². The van der Waals surface area contributed by atoms with Gasteiger partial charge >= 0.3 is 0 Å². The number of aliphatic hydroxyl groups excluding tert-OH is 1. The third-order valence-electron chi connectivity index (χ3n) is 4.06. The molecule has 1 unspecified atom stereocenters. The van der Waals surface area contributed by atoms with Gasteiger partial charge in [0.05, 0.1) is 18.3 Å². The molecule has 1 fully saturated rings. The molecule has 1 aliphatic heterocycles. The van der Waals surface area contributed by atoms with E-state index in [0.717, 1.165) is 25.1 Å². The maximum Gasteiger partial charge on any atom is 0.259 e. The van der Waals surface area contributed by atoms with E-state index in [1.165, 1.54) is 11.1 Å². The predicted octanol–water partition coefficient (Wildman–Crippen LogP) is 2.28. The quantitative estimate of drug-likeness (QED) is 0.836. The molecule has 0 saturated carbocycles. The topological polar surface area (TPSA) is 71.9 Å². The average molecular weight is 342 g/mol. The minimum Gasteiger partial charge on any atom is -0.475 e. The Morgan fingerprint density at radius 3 is 2.76 bits per heavy atom. The molecule has 1 aromatic heterocycles. The zero-order valence-electron chi connectivity index (χ0n) is 14.0. The molecule has 0 radical (unpaired) electrons. The van der Waals surface area contributed by atoms with Crippen LogP contribution in [0.3, 0.4) is 0 Å². The molecule has 6 nitrogen and oxygen atoms in total. The van der Waals surface area contributed by atoms with Crippen LogP contribution in [0.15, 0.2) is 48.7 Å². The summed E-state index contributed by atoms with van der Waals surface area (Å²) in [7, 11) is 0. The molecule has 2 aromatic rings. The van der Waals surface area contributed by atoms with E-state index in [2.05, 4.69) is 4.98 Å². The first kappa shape index (κ1) is 17.4. The van der Waals surface area contributed by atoms with Crippen molar-refractivity contribution in [2.24, 2.45) is 0 Å². The Morgan fingerprint density at radius 1 is 1.28 bits per heavy atom. The van der Waals surface area contributed by atoms with Gasteiger partial charge in [-0.25, -0.2) is 4.98 Å². The molecule has 0 aliphatic carbocycles. The van der Waals surface area contributed by atoms with Crippen LogP contribution in [0.4, 0.5) is 5.69 Å². The summed E-state index contributed by atoms with van der Waals surface area (Å²) < 4.78 is 11.1. The lowest BCUT2D eigenvalue weighted by Crippen LogP contribution is -2.33. The Balaban J connectivity index is 1.66. The summed E-state index contributed by atoms with van der Waals surface area (Å²) in [5, 5.41) is 9.27. The van der Waals surface area contributed by atoms with Crippen LogP contribution in [-0.4, -0.2) is 48.5 Å². The molecule has 6 heteroatoms. The molecule has 1 aliphatic rings. The summed E-state index contributed by atoms with van der Waals surface area (Å²) in [4.78, 5) is 18.5. The van der Waals surface area contributed by atoms with Gasteiger partial charge < -0.3 is 19.5 Å². The van der Waals surface area contributed by atoms with Gasteiger partial charge in [0.25, 0.3) is 5.91 Å². The van der Waals surface area contributed by atoms with Crippen LogP contribution in [0, 0.1) is 0 Å². The van der Waals surface area contributed by atoms with Gasteiger partial charge in [-0.1, -0.05) is 18.2 Å². The van der Waals surface area contributed by atoms with E-state index in [4.69, 9.17) is 9.47 Å². The maximum atomic E-state index is 12.7. The molecular formula is C19H22N2O4. The molecule has 1 aromatic carbocycles. The molecule has 2 heterocycles. The molecule has 132 valence electrons. The molecule has 1 amide bonds. The summed E-state index contributed by atoms with van der Waals surface area (Å²) >= 11 is 0. The Kier molecular flexibility index (Phi) is 5.98. The van der Waals surface area contributed by atoms with Gasteiger partial charge in [-0.15, -0.1) is 0 Å². The number of pyridine rings is 1. The number of anilines is 1. The third kappa shape index (κ3) is 4.55. The number of aliphatic hydroxyl groups is 1. The summed E-state index contributed by atoms with van der Waals surface area (Å²) in [6, 6.07) is 12.6. The summed E-state index contributed by atoms with van der Waals surface area (Å²) in [6.45, 7) is 1.37. The van der Waals surface area contributed by atoms with Crippen LogP contribution in [-0.2, 0) is 4.74 Å². The summed E-state index contributed by atoms with van der Waals surface area (Å²) in [6.07, 6.45) is 3.69. The fraction of sp³-hybridized carbons (Fsp3) is 0.368. The van der Waals surface area contributed by atoms with Crippen molar-refractivity contribution in [2.45, 2.75) is 18.9 Å². The summed E-state index contributed by atoms with van der Waals surface area (Å²) in [5.41, 5.74) is 1.18. The Hall–Kier alpha value is -2.44. The molecule has 3 rings (SSSR count). The average Bonchev–Trinajstić information content (AvgIpc) is 3.19. The van der Waals surface area contributed by atoms with E-state index < -0.39 is 0 Å². The minimum atomic E-state index is -0.210. The minimum absolute atomic E-state index is 0.114. The second kappa shape index (κ2) is 8.60. The highest BCUT2D eigenvalue weighted by Gasteiger charge is 2.19. The van der Waals surface area contributed by atoms with E-state index in [-0.39, 0.29) is 25.2 Å². The maximum absolute atomic E-state index is 12.7. The smallest absolute Gasteiger partial charge is 0.259 e. The van der Waals surface area contributed by atoms with Crippen LogP contribution in [0.25, 0.3) is 0 Å². The van der Waals surface area contributed by atoms with Crippen LogP contribution in [0.1, 0.15) is 23.2 Å². The predicted molar refractivity (Wildman–Crippen MR) is 93.9 cm³/mol. The third-order valence-corrected chi connectivity index (χ3v) is 4.06. The SMILES string of the molecule is O=C(c1ccc(OCC2CCCO2)nc1)N(CCO)c1ccccc1. The number of aromatic nitrogens is 1. The lowest BCUT2D eigenvalue weighted by Gasteiger charge is -2.22. The Morgan fingerprint density at radius 2 is 2.12 bits per heavy atom. The number of carbonyl (C=O) groups excluding carboxylic acids is 1. The van der Waals surface area contributed by atoms with Gasteiger partial charge in [0.1, 0.15) is 6.61 Å². The molecule has 1 atom stereocenters. The first-order valence-corrected chi connectivity index (χ1v) is 8.46. The van der Waals surface area contributed by atoms with E-state index in [9.17, 15) is 9.90 Å². The highest BCUT2D eigenvalue weighted by atomic mass is 16.5. The van der Waals surface area contributed by atoms with Crippen LogP contribution >= 0.6 is 0 Å². The second-order valence-electron chi connectivity index (χ2n) is 5.85. The first-order chi connectivity index (χ1) is 12.3. The largest absolute Gasteiger partial charge is 0.475 e. The van der Waals surface area contributed by atoms with Crippen molar-refractivity contribution in [2.75, 3.05) is 31.3 Å². The number of hydrogen-bond donors (Lipinski definition) is 1. The summed E-state index contributed by atoms with van der Waals surface area (Å²) in [5.74, 6) is 0.263. The fourth-order valence-electron chi connectivity index (χ4n) is 2.76. The van der Waals surface area contributed by atoms with Gasteiger partial charge in [-0.3, -0.25) is 4.79 Å².